The summed E-state index contributed by atoms with van der Waals surface area (Å²) in [5.74, 6) is -0.0228. The predicted octanol–water partition coefficient (Wildman–Crippen LogP) is 2.29. The number of hydrogen-bond acceptors (Lipinski definition) is 3. The lowest BCUT2D eigenvalue weighted by atomic mass is 9.91. The molecule has 1 heterocycles. The molecule has 1 unspecified atom stereocenters. The minimum absolute atomic E-state index is 0.0228. The van der Waals surface area contributed by atoms with Crippen molar-refractivity contribution >= 4 is 5.91 Å². The van der Waals surface area contributed by atoms with Crippen LogP contribution in [0.1, 0.15) is 57.8 Å². The highest BCUT2D eigenvalue weighted by molar-refractivity contribution is 5.77. The number of nitriles is 1. The molecule has 100 valence electrons. The Hall–Kier alpha value is -1.08. The number of amides is 1. The van der Waals surface area contributed by atoms with E-state index in [0.29, 0.717) is 6.42 Å². The summed E-state index contributed by atoms with van der Waals surface area (Å²) in [6.45, 7) is 0.765. The van der Waals surface area contributed by atoms with Gasteiger partial charge in [-0.05, 0) is 25.7 Å². The van der Waals surface area contributed by atoms with E-state index in [9.17, 15) is 10.1 Å². The number of ether oxygens (including phenoxy) is 1. The van der Waals surface area contributed by atoms with Gasteiger partial charge >= 0.3 is 0 Å². The van der Waals surface area contributed by atoms with Crippen molar-refractivity contribution in [2.75, 3.05) is 6.61 Å². The molecule has 1 saturated carbocycles. The van der Waals surface area contributed by atoms with Gasteiger partial charge in [0.2, 0.25) is 5.91 Å². The summed E-state index contributed by atoms with van der Waals surface area (Å²) in [5.41, 5.74) is -0.619. The highest BCUT2D eigenvalue weighted by Crippen LogP contribution is 2.27. The van der Waals surface area contributed by atoms with Gasteiger partial charge in [0.1, 0.15) is 5.54 Å². The molecule has 18 heavy (non-hydrogen) atoms. The molecule has 0 aromatic carbocycles. The highest BCUT2D eigenvalue weighted by atomic mass is 16.5. The average molecular weight is 250 g/mol. The molecule has 0 aromatic rings. The Morgan fingerprint density at radius 1 is 1.28 bits per heavy atom. The van der Waals surface area contributed by atoms with Crippen molar-refractivity contribution in [2.45, 2.75) is 69.4 Å². The molecule has 4 nitrogen and oxygen atoms in total. The summed E-state index contributed by atoms with van der Waals surface area (Å²) in [6.07, 6.45) is 8.48. The maximum Gasteiger partial charge on any atom is 0.223 e. The SMILES string of the molecule is N#CC1(NC(=O)CC2CCCO2)CCCCCC1. The molecule has 2 fully saturated rings. The molecule has 1 amide bonds. The van der Waals surface area contributed by atoms with E-state index in [0.717, 1.165) is 45.1 Å². The van der Waals surface area contributed by atoms with E-state index in [1.165, 1.54) is 12.8 Å². The molecule has 0 aromatic heterocycles. The molecule has 1 saturated heterocycles. The van der Waals surface area contributed by atoms with E-state index in [-0.39, 0.29) is 12.0 Å². The zero-order valence-electron chi connectivity index (χ0n) is 10.9. The fraction of sp³-hybridized carbons (Fsp3) is 0.857. The second kappa shape index (κ2) is 6.19. The van der Waals surface area contributed by atoms with Crippen molar-refractivity contribution in [3.8, 4) is 6.07 Å². The van der Waals surface area contributed by atoms with E-state index >= 15 is 0 Å². The largest absolute Gasteiger partial charge is 0.378 e. The lowest BCUT2D eigenvalue weighted by Crippen LogP contribution is -2.47. The molecule has 0 spiro atoms. The third-order valence-corrected chi connectivity index (χ3v) is 3.99. The topological polar surface area (TPSA) is 62.1 Å². The van der Waals surface area contributed by atoms with Crippen LogP contribution in [-0.4, -0.2) is 24.2 Å². The first-order chi connectivity index (χ1) is 8.74. The van der Waals surface area contributed by atoms with Crippen LogP contribution in [0.15, 0.2) is 0 Å². The second-order valence-electron chi connectivity index (χ2n) is 5.50. The van der Waals surface area contributed by atoms with Crippen molar-refractivity contribution < 1.29 is 9.53 Å². The Kier molecular flexibility index (Phi) is 4.60. The van der Waals surface area contributed by atoms with Crippen LogP contribution in [0.4, 0.5) is 0 Å². The van der Waals surface area contributed by atoms with E-state index in [2.05, 4.69) is 11.4 Å². The Morgan fingerprint density at radius 2 is 2.00 bits per heavy atom. The first-order valence-electron chi connectivity index (χ1n) is 7.08. The third kappa shape index (κ3) is 3.46. The number of nitrogens with one attached hydrogen (secondary N) is 1. The molecule has 4 heteroatoms. The van der Waals surface area contributed by atoms with Crippen molar-refractivity contribution in [1.82, 2.24) is 5.32 Å². The molecule has 0 bridgehead atoms. The lowest BCUT2D eigenvalue weighted by Gasteiger charge is -2.26. The van der Waals surface area contributed by atoms with Gasteiger partial charge in [-0.3, -0.25) is 4.79 Å². The number of carbonyl (C=O) groups is 1. The minimum atomic E-state index is -0.619. The maximum absolute atomic E-state index is 12.0. The summed E-state index contributed by atoms with van der Waals surface area (Å²) < 4.78 is 5.46. The van der Waals surface area contributed by atoms with Crippen molar-refractivity contribution in [3.05, 3.63) is 0 Å². The summed E-state index contributed by atoms with van der Waals surface area (Å²) in [7, 11) is 0. The summed E-state index contributed by atoms with van der Waals surface area (Å²) in [6, 6.07) is 2.34. The van der Waals surface area contributed by atoms with Crippen molar-refractivity contribution in [2.24, 2.45) is 0 Å². The molecule has 1 aliphatic carbocycles. The molecule has 1 atom stereocenters. The van der Waals surface area contributed by atoms with Crippen LogP contribution in [0.3, 0.4) is 0 Å². The van der Waals surface area contributed by atoms with Gasteiger partial charge in [0.25, 0.3) is 0 Å². The fourth-order valence-corrected chi connectivity index (χ4v) is 2.93. The normalized spacial score (nSPS) is 27.2. The summed E-state index contributed by atoms with van der Waals surface area (Å²) in [5, 5.41) is 12.3. The number of nitrogens with zero attached hydrogens (tertiary/aromatic N) is 1. The molecular weight excluding hydrogens is 228 g/mol. The van der Waals surface area contributed by atoms with Gasteiger partial charge in [0, 0.05) is 6.61 Å². The summed E-state index contributed by atoms with van der Waals surface area (Å²) in [4.78, 5) is 12.0. The molecular formula is C14H22N2O2. The van der Waals surface area contributed by atoms with Crippen LogP contribution in [0, 0.1) is 11.3 Å². The maximum atomic E-state index is 12.0. The zero-order chi connectivity index (χ0) is 12.8. The van der Waals surface area contributed by atoms with Gasteiger partial charge in [-0.1, -0.05) is 25.7 Å². The Bertz CT molecular complexity index is 321. The molecule has 2 aliphatic rings. The van der Waals surface area contributed by atoms with Gasteiger partial charge in [-0.15, -0.1) is 0 Å². The molecule has 1 N–H and O–H groups in total. The quantitative estimate of drug-likeness (QED) is 0.782. The van der Waals surface area contributed by atoms with Crippen LogP contribution < -0.4 is 5.32 Å². The Morgan fingerprint density at radius 3 is 2.56 bits per heavy atom. The van der Waals surface area contributed by atoms with Crippen molar-refractivity contribution in [1.29, 1.82) is 5.26 Å². The van der Waals surface area contributed by atoms with Gasteiger partial charge in [0.15, 0.2) is 0 Å². The molecule has 2 rings (SSSR count). The standard InChI is InChI=1S/C14H22N2O2/c15-11-14(7-3-1-2-4-8-14)16-13(17)10-12-6-5-9-18-12/h12H,1-10H2,(H,16,17). The highest BCUT2D eigenvalue weighted by Gasteiger charge is 2.33. The van der Waals surface area contributed by atoms with Crippen LogP contribution in [0.2, 0.25) is 0 Å². The molecule has 1 aliphatic heterocycles. The van der Waals surface area contributed by atoms with Crippen LogP contribution in [0.25, 0.3) is 0 Å². The van der Waals surface area contributed by atoms with Gasteiger partial charge < -0.3 is 10.1 Å². The lowest BCUT2D eigenvalue weighted by molar-refractivity contribution is -0.124. The number of hydrogen-bond donors (Lipinski definition) is 1. The monoisotopic (exact) mass is 250 g/mol. The van der Waals surface area contributed by atoms with Crippen LogP contribution >= 0.6 is 0 Å². The number of rotatable bonds is 3. The van der Waals surface area contributed by atoms with Gasteiger partial charge in [0.05, 0.1) is 18.6 Å². The fourth-order valence-electron chi connectivity index (χ4n) is 2.93. The van der Waals surface area contributed by atoms with Crippen LogP contribution in [-0.2, 0) is 9.53 Å². The van der Waals surface area contributed by atoms with E-state index in [4.69, 9.17) is 4.74 Å². The smallest absolute Gasteiger partial charge is 0.223 e. The Balaban J connectivity index is 1.88. The molecule has 0 radical (unpaired) electrons. The first kappa shape index (κ1) is 13.4. The average Bonchev–Trinajstić information content (AvgIpc) is 2.74. The van der Waals surface area contributed by atoms with Gasteiger partial charge in [-0.25, -0.2) is 0 Å². The third-order valence-electron chi connectivity index (χ3n) is 3.99. The van der Waals surface area contributed by atoms with E-state index < -0.39 is 5.54 Å². The van der Waals surface area contributed by atoms with Crippen LogP contribution in [0.5, 0.6) is 0 Å². The zero-order valence-corrected chi connectivity index (χ0v) is 10.9. The first-order valence-corrected chi connectivity index (χ1v) is 7.08. The predicted molar refractivity (Wildman–Crippen MR) is 67.8 cm³/mol. The second-order valence-corrected chi connectivity index (χ2v) is 5.50. The van der Waals surface area contributed by atoms with Gasteiger partial charge in [-0.2, -0.15) is 5.26 Å². The number of carbonyl (C=O) groups excluding carboxylic acids is 1. The minimum Gasteiger partial charge on any atom is -0.378 e. The van der Waals surface area contributed by atoms with E-state index in [1.807, 2.05) is 0 Å². The Labute approximate surface area is 109 Å². The summed E-state index contributed by atoms with van der Waals surface area (Å²) >= 11 is 0. The van der Waals surface area contributed by atoms with Crippen molar-refractivity contribution in [3.63, 3.8) is 0 Å². The van der Waals surface area contributed by atoms with E-state index in [1.54, 1.807) is 0 Å².